The molecular formula is C9H10BrClN2S. The second-order valence-electron chi connectivity index (χ2n) is 3.00. The fourth-order valence-corrected chi connectivity index (χ4v) is 2.70. The minimum Gasteiger partial charge on any atom is -0.311 e. The average molecular weight is 294 g/mol. The highest BCUT2D eigenvalue weighted by molar-refractivity contribution is 9.10. The predicted octanol–water partition coefficient (Wildman–Crippen LogP) is 3.41. The van der Waals surface area contributed by atoms with Crippen molar-refractivity contribution in [2.45, 2.75) is 13.5 Å². The van der Waals surface area contributed by atoms with E-state index in [4.69, 9.17) is 16.9 Å². The molecule has 1 aromatic heterocycles. The number of thiophene rings is 1. The quantitative estimate of drug-likeness (QED) is 0.923. The van der Waals surface area contributed by atoms with Gasteiger partial charge in [0.05, 0.1) is 12.0 Å². The van der Waals surface area contributed by atoms with Gasteiger partial charge in [-0.3, -0.25) is 0 Å². The van der Waals surface area contributed by atoms with Gasteiger partial charge in [0.1, 0.15) is 4.34 Å². The van der Waals surface area contributed by atoms with Crippen LogP contribution in [0.15, 0.2) is 10.5 Å². The largest absolute Gasteiger partial charge is 0.311 e. The lowest BCUT2D eigenvalue weighted by atomic mass is 10.2. The van der Waals surface area contributed by atoms with Crippen LogP contribution in [0.4, 0.5) is 0 Å². The Hall–Kier alpha value is -0.0800. The molecule has 0 fully saturated rings. The molecule has 76 valence electrons. The van der Waals surface area contributed by atoms with Gasteiger partial charge in [-0.2, -0.15) is 5.26 Å². The molecular weight excluding hydrogens is 284 g/mol. The maximum Gasteiger partial charge on any atom is 0.107 e. The normalized spacial score (nSPS) is 12.4. The summed E-state index contributed by atoms with van der Waals surface area (Å²) < 4.78 is 1.71. The minimum absolute atomic E-state index is 0.0499. The third-order valence-corrected chi connectivity index (χ3v) is 4.14. The van der Waals surface area contributed by atoms with Gasteiger partial charge < -0.3 is 5.32 Å². The Labute approximate surface area is 101 Å². The van der Waals surface area contributed by atoms with E-state index >= 15 is 0 Å². The maximum atomic E-state index is 8.56. The van der Waals surface area contributed by atoms with Crippen molar-refractivity contribution < 1.29 is 0 Å². The van der Waals surface area contributed by atoms with E-state index in [-0.39, 0.29) is 5.92 Å². The molecule has 0 bridgehead atoms. The van der Waals surface area contributed by atoms with Gasteiger partial charge in [0, 0.05) is 22.4 Å². The first-order chi connectivity index (χ1) is 6.63. The molecule has 0 aliphatic rings. The molecule has 0 aliphatic carbocycles. The average Bonchev–Trinajstić information content (AvgIpc) is 2.46. The summed E-state index contributed by atoms with van der Waals surface area (Å²) in [6, 6.07) is 4.17. The van der Waals surface area contributed by atoms with Gasteiger partial charge in [-0.1, -0.05) is 11.6 Å². The lowest BCUT2D eigenvalue weighted by Crippen LogP contribution is -2.19. The number of nitrogens with zero attached hydrogens (tertiary/aromatic N) is 1. The zero-order chi connectivity index (χ0) is 10.6. The van der Waals surface area contributed by atoms with E-state index in [9.17, 15) is 0 Å². The molecule has 0 saturated carbocycles. The van der Waals surface area contributed by atoms with Crippen molar-refractivity contribution in [3.8, 4) is 6.07 Å². The van der Waals surface area contributed by atoms with Crippen LogP contribution in [0, 0.1) is 17.2 Å². The molecule has 0 saturated heterocycles. The Bertz CT molecular complexity index is 326. The first-order valence-electron chi connectivity index (χ1n) is 4.17. The van der Waals surface area contributed by atoms with Gasteiger partial charge in [-0.05, 0) is 28.9 Å². The number of hydrogen-bond acceptors (Lipinski definition) is 3. The third-order valence-electron chi connectivity index (χ3n) is 1.67. The Balaban J connectivity index is 2.36. The van der Waals surface area contributed by atoms with Crippen molar-refractivity contribution in [3.63, 3.8) is 0 Å². The van der Waals surface area contributed by atoms with Crippen LogP contribution in [0.5, 0.6) is 0 Å². The Morgan fingerprint density at radius 2 is 2.50 bits per heavy atom. The molecule has 1 aromatic rings. The molecule has 0 radical (unpaired) electrons. The third kappa shape index (κ3) is 3.58. The van der Waals surface area contributed by atoms with Crippen molar-refractivity contribution in [3.05, 3.63) is 19.8 Å². The summed E-state index contributed by atoms with van der Waals surface area (Å²) >= 11 is 10.8. The topological polar surface area (TPSA) is 35.8 Å². The molecule has 1 atom stereocenters. The molecule has 0 spiro atoms. The SMILES string of the molecule is CC(C#N)CNCc1cc(Br)c(Cl)s1. The van der Waals surface area contributed by atoms with Crippen LogP contribution >= 0.6 is 38.9 Å². The smallest absolute Gasteiger partial charge is 0.107 e. The summed E-state index contributed by atoms with van der Waals surface area (Å²) in [5.74, 6) is 0.0499. The summed E-state index contributed by atoms with van der Waals surface area (Å²) in [6.07, 6.45) is 0. The summed E-state index contributed by atoms with van der Waals surface area (Å²) in [7, 11) is 0. The monoisotopic (exact) mass is 292 g/mol. The lowest BCUT2D eigenvalue weighted by molar-refractivity contribution is 0.605. The number of hydrogen-bond donors (Lipinski definition) is 1. The fraction of sp³-hybridized carbons (Fsp3) is 0.444. The van der Waals surface area contributed by atoms with Crippen LogP contribution in [-0.4, -0.2) is 6.54 Å². The number of nitriles is 1. The van der Waals surface area contributed by atoms with E-state index in [1.807, 2.05) is 13.0 Å². The highest BCUT2D eigenvalue weighted by Crippen LogP contribution is 2.31. The van der Waals surface area contributed by atoms with Crippen molar-refractivity contribution in [1.29, 1.82) is 5.26 Å². The number of halogens is 2. The summed E-state index contributed by atoms with van der Waals surface area (Å²) in [4.78, 5) is 1.17. The van der Waals surface area contributed by atoms with E-state index in [2.05, 4.69) is 27.3 Å². The zero-order valence-corrected chi connectivity index (χ0v) is 10.8. The van der Waals surface area contributed by atoms with Gasteiger partial charge in [0.2, 0.25) is 0 Å². The number of rotatable bonds is 4. The van der Waals surface area contributed by atoms with Gasteiger partial charge in [0.15, 0.2) is 0 Å². The van der Waals surface area contributed by atoms with Crippen molar-refractivity contribution in [1.82, 2.24) is 5.32 Å². The van der Waals surface area contributed by atoms with Crippen molar-refractivity contribution in [2.75, 3.05) is 6.54 Å². The zero-order valence-electron chi connectivity index (χ0n) is 7.68. The van der Waals surface area contributed by atoms with Gasteiger partial charge in [-0.15, -0.1) is 11.3 Å². The predicted molar refractivity (Wildman–Crippen MR) is 63.5 cm³/mol. The second-order valence-corrected chi connectivity index (χ2v) is 5.59. The van der Waals surface area contributed by atoms with Crippen molar-refractivity contribution >= 4 is 38.9 Å². The van der Waals surface area contributed by atoms with E-state index in [1.54, 1.807) is 11.3 Å². The highest BCUT2D eigenvalue weighted by Gasteiger charge is 2.04. The number of nitrogens with one attached hydrogen (secondary N) is 1. The maximum absolute atomic E-state index is 8.56. The van der Waals surface area contributed by atoms with E-state index in [1.165, 1.54) is 4.88 Å². The molecule has 1 rings (SSSR count). The summed E-state index contributed by atoms with van der Waals surface area (Å²) in [6.45, 7) is 3.37. The summed E-state index contributed by atoms with van der Waals surface area (Å²) in [5.41, 5.74) is 0. The minimum atomic E-state index is 0.0499. The van der Waals surface area contributed by atoms with E-state index < -0.39 is 0 Å². The van der Waals surface area contributed by atoms with Gasteiger partial charge in [-0.25, -0.2) is 0 Å². The van der Waals surface area contributed by atoms with Crippen LogP contribution in [0.25, 0.3) is 0 Å². The van der Waals surface area contributed by atoms with Crippen LogP contribution in [0.2, 0.25) is 4.34 Å². The van der Waals surface area contributed by atoms with Gasteiger partial charge >= 0.3 is 0 Å². The molecule has 2 nitrogen and oxygen atoms in total. The van der Waals surface area contributed by atoms with Crippen LogP contribution < -0.4 is 5.32 Å². The molecule has 1 unspecified atom stereocenters. The Morgan fingerprint density at radius 3 is 3.00 bits per heavy atom. The van der Waals surface area contributed by atoms with E-state index in [0.29, 0.717) is 6.54 Å². The molecule has 14 heavy (non-hydrogen) atoms. The van der Waals surface area contributed by atoms with Crippen molar-refractivity contribution in [2.24, 2.45) is 5.92 Å². The molecule has 0 aliphatic heterocycles. The lowest BCUT2D eigenvalue weighted by Gasteiger charge is -2.03. The molecule has 1 N–H and O–H groups in total. The molecule has 1 heterocycles. The highest BCUT2D eigenvalue weighted by atomic mass is 79.9. The van der Waals surface area contributed by atoms with E-state index in [0.717, 1.165) is 15.4 Å². The Kier molecular flexibility index (Phi) is 4.90. The van der Waals surface area contributed by atoms with Crippen LogP contribution in [0.3, 0.4) is 0 Å². The standard InChI is InChI=1S/C9H10BrClN2S/c1-6(3-12)4-13-5-7-2-8(10)9(11)14-7/h2,6,13H,4-5H2,1H3. The second kappa shape index (κ2) is 5.72. The van der Waals surface area contributed by atoms with Crippen LogP contribution in [0.1, 0.15) is 11.8 Å². The van der Waals surface area contributed by atoms with Crippen LogP contribution in [-0.2, 0) is 6.54 Å². The fourth-order valence-electron chi connectivity index (χ4n) is 0.936. The first-order valence-corrected chi connectivity index (χ1v) is 6.16. The summed E-state index contributed by atoms with van der Waals surface area (Å²) in [5, 5.41) is 11.8. The molecule has 0 amide bonds. The molecule has 0 aromatic carbocycles. The Morgan fingerprint density at radius 1 is 1.79 bits per heavy atom. The van der Waals surface area contributed by atoms with Gasteiger partial charge in [0.25, 0.3) is 0 Å². The first kappa shape index (κ1) is 12.0. The molecule has 5 heteroatoms.